The molecule has 0 bridgehead atoms. The molecule has 1 aliphatic rings. The maximum atomic E-state index is 13.1. The summed E-state index contributed by atoms with van der Waals surface area (Å²) < 4.78 is 7.33. The quantitative estimate of drug-likeness (QED) is 0.728. The number of anilines is 1. The second-order valence-corrected chi connectivity index (χ2v) is 9.79. The lowest BCUT2D eigenvalue weighted by Gasteiger charge is -2.32. The Balaban J connectivity index is 1.73. The summed E-state index contributed by atoms with van der Waals surface area (Å²) >= 11 is 0. The molecule has 1 saturated carbocycles. The molecule has 0 aromatic carbocycles. The predicted octanol–water partition coefficient (Wildman–Crippen LogP) is 3.84. The van der Waals surface area contributed by atoms with Gasteiger partial charge in [0.1, 0.15) is 5.82 Å². The zero-order chi connectivity index (χ0) is 23.5. The lowest BCUT2D eigenvalue weighted by atomic mass is 9.80. The second-order valence-electron chi connectivity index (χ2n) is 9.79. The third kappa shape index (κ3) is 6.05. The average molecular weight is 443 g/mol. The highest BCUT2D eigenvalue weighted by Gasteiger charge is 2.35. The number of amides is 2. The molecule has 0 radical (unpaired) electrons. The highest BCUT2D eigenvalue weighted by Crippen LogP contribution is 2.32. The Hall–Kier alpha value is -2.97. The van der Waals surface area contributed by atoms with E-state index in [1.807, 2.05) is 40.8 Å². The third-order valence-electron chi connectivity index (χ3n) is 5.74. The number of pyridine rings is 1. The molecule has 2 heterocycles. The Labute approximate surface area is 189 Å². The third-order valence-corrected chi connectivity index (χ3v) is 5.74. The van der Waals surface area contributed by atoms with E-state index in [4.69, 9.17) is 4.74 Å². The molecule has 1 unspecified atom stereocenters. The Kier molecular flexibility index (Phi) is 7.16. The first kappa shape index (κ1) is 23.7. The molecule has 1 fully saturated rings. The van der Waals surface area contributed by atoms with E-state index in [1.165, 1.54) is 0 Å². The summed E-state index contributed by atoms with van der Waals surface area (Å²) in [5.41, 5.74) is 2.07. The number of hydrogen-bond donors (Lipinski definition) is 2. The largest absolute Gasteiger partial charge is 0.436 e. The van der Waals surface area contributed by atoms with Gasteiger partial charge in [-0.2, -0.15) is 0 Å². The molecule has 0 saturated heterocycles. The number of carbonyl (C=O) groups is 2. The monoisotopic (exact) mass is 442 g/mol. The van der Waals surface area contributed by atoms with E-state index in [2.05, 4.69) is 32.9 Å². The van der Waals surface area contributed by atoms with E-state index in [0.29, 0.717) is 11.7 Å². The van der Waals surface area contributed by atoms with Crippen molar-refractivity contribution in [3.05, 3.63) is 24.0 Å². The highest BCUT2D eigenvalue weighted by molar-refractivity contribution is 5.95. The van der Waals surface area contributed by atoms with Gasteiger partial charge in [-0.1, -0.05) is 25.0 Å². The fourth-order valence-electron chi connectivity index (χ4n) is 4.06. The summed E-state index contributed by atoms with van der Waals surface area (Å²) in [5.74, 6) is 0.657. The van der Waals surface area contributed by atoms with Crippen molar-refractivity contribution >= 4 is 17.8 Å². The van der Waals surface area contributed by atoms with Gasteiger partial charge in [-0.15, -0.1) is 5.10 Å². The number of hydrogen-bond acceptors (Lipinski definition) is 6. The molecule has 2 amide bonds. The Bertz CT molecular complexity index is 920. The number of nitrogens with zero attached hydrogens (tertiary/aromatic N) is 4. The van der Waals surface area contributed by atoms with Crippen molar-refractivity contribution in [3.8, 4) is 11.3 Å². The van der Waals surface area contributed by atoms with Crippen molar-refractivity contribution in [2.75, 3.05) is 5.32 Å². The first-order chi connectivity index (χ1) is 15.0. The van der Waals surface area contributed by atoms with Gasteiger partial charge in [0.05, 0.1) is 11.4 Å². The van der Waals surface area contributed by atoms with Crippen LogP contribution in [0.4, 0.5) is 10.6 Å². The molecular formula is C23H34N6O3. The molecule has 3 rings (SSSR count). The molecule has 0 aliphatic heterocycles. The summed E-state index contributed by atoms with van der Waals surface area (Å²) in [5, 5.41) is 13.7. The number of rotatable bonds is 5. The zero-order valence-electron chi connectivity index (χ0n) is 19.8. The first-order valence-electron chi connectivity index (χ1n) is 11.2. The van der Waals surface area contributed by atoms with E-state index in [9.17, 15) is 9.59 Å². The van der Waals surface area contributed by atoms with Crippen LogP contribution in [0.5, 0.6) is 0 Å². The van der Waals surface area contributed by atoms with Gasteiger partial charge in [-0.05, 0) is 58.6 Å². The van der Waals surface area contributed by atoms with E-state index in [0.717, 1.165) is 42.6 Å². The summed E-state index contributed by atoms with van der Waals surface area (Å²) in [6.45, 7) is 9.71. The maximum absolute atomic E-state index is 13.1. The highest BCUT2D eigenvalue weighted by atomic mass is 16.6. The number of ether oxygens (including phenoxy) is 1. The molecule has 32 heavy (non-hydrogen) atoms. The Morgan fingerprint density at radius 1 is 1.19 bits per heavy atom. The summed E-state index contributed by atoms with van der Waals surface area (Å²) in [4.78, 5) is 29.9. The van der Waals surface area contributed by atoms with E-state index in [1.54, 1.807) is 16.9 Å². The Morgan fingerprint density at radius 3 is 2.41 bits per heavy atom. The molecule has 2 N–H and O–H groups in total. The van der Waals surface area contributed by atoms with Crippen LogP contribution in [-0.2, 0) is 16.6 Å². The minimum absolute atomic E-state index is 0.0145. The van der Waals surface area contributed by atoms with Crippen LogP contribution in [0, 0.1) is 18.8 Å². The summed E-state index contributed by atoms with van der Waals surface area (Å²) in [6.07, 6.45) is 3.95. The summed E-state index contributed by atoms with van der Waals surface area (Å²) in [6, 6.07) is 3.59. The van der Waals surface area contributed by atoms with Crippen molar-refractivity contribution in [2.24, 2.45) is 18.9 Å². The molecule has 2 aromatic rings. The van der Waals surface area contributed by atoms with Crippen molar-refractivity contribution in [1.29, 1.82) is 0 Å². The minimum atomic E-state index is -0.866. The topological polar surface area (TPSA) is 111 Å². The molecule has 1 aliphatic carbocycles. The van der Waals surface area contributed by atoms with Gasteiger partial charge < -0.3 is 15.4 Å². The average Bonchev–Trinajstić information content (AvgIpc) is 3.04. The van der Waals surface area contributed by atoms with Crippen LogP contribution in [0.3, 0.4) is 0 Å². The zero-order valence-corrected chi connectivity index (χ0v) is 19.8. The fraction of sp³-hybridized carbons (Fsp3) is 0.609. The van der Waals surface area contributed by atoms with Crippen LogP contribution in [0.25, 0.3) is 11.3 Å². The SMILES string of the molecule is Cc1nnn(C)c1-c1ccc(NC(=O)C(OC(=O)NC(C)(C)C)C2CCC(C)CC2)nc1. The number of nitrogens with one attached hydrogen (secondary N) is 2. The van der Waals surface area contributed by atoms with Crippen LogP contribution in [0.2, 0.25) is 0 Å². The normalized spacial score (nSPS) is 19.8. The van der Waals surface area contributed by atoms with Crippen molar-refractivity contribution in [1.82, 2.24) is 25.3 Å². The lowest BCUT2D eigenvalue weighted by molar-refractivity contribution is -0.128. The van der Waals surface area contributed by atoms with Crippen LogP contribution in [0.1, 0.15) is 59.1 Å². The molecular weight excluding hydrogens is 408 g/mol. The molecule has 0 spiro atoms. The number of carbonyl (C=O) groups excluding carboxylic acids is 2. The molecule has 1 atom stereocenters. The summed E-state index contributed by atoms with van der Waals surface area (Å²) in [7, 11) is 1.82. The van der Waals surface area contributed by atoms with Crippen LogP contribution >= 0.6 is 0 Å². The van der Waals surface area contributed by atoms with Crippen molar-refractivity contribution < 1.29 is 14.3 Å². The van der Waals surface area contributed by atoms with Gasteiger partial charge in [0.15, 0.2) is 6.10 Å². The minimum Gasteiger partial charge on any atom is -0.436 e. The predicted molar refractivity (Wildman–Crippen MR) is 122 cm³/mol. The fourth-order valence-corrected chi connectivity index (χ4v) is 4.06. The smallest absolute Gasteiger partial charge is 0.408 e. The number of aromatic nitrogens is 4. The Morgan fingerprint density at radius 2 is 1.88 bits per heavy atom. The van der Waals surface area contributed by atoms with Gasteiger partial charge in [-0.3, -0.25) is 4.79 Å². The lowest BCUT2D eigenvalue weighted by Crippen LogP contribution is -2.47. The standard InChI is InChI=1S/C23H34N6O3/c1-14-7-9-16(10-8-14)20(32-22(31)26-23(3,4)5)21(30)25-18-12-11-17(13-24-18)19-15(2)27-28-29(19)6/h11-14,16,20H,7-10H2,1-6H3,(H,26,31)(H,24,25,30). The van der Waals surface area contributed by atoms with Gasteiger partial charge in [0, 0.05) is 30.3 Å². The van der Waals surface area contributed by atoms with Crippen LogP contribution in [0.15, 0.2) is 18.3 Å². The van der Waals surface area contributed by atoms with Crippen molar-refractivity contribution in [3.63, 3.8) is 0 Å². The first-order valence-corrected chi connectivity index (χ1v) is 11.2. The second kappa shape index (κ2) is 9.67. The van der Waals surface area contributed by atoms with E-state index in [-0.39, 0.29) is 11.8 Å². The van der Waals surface area contributed by atoms with Gasteiger partial charge in [0.25, 0.3) is 5.91 Å². The van der Waals surface area contributed by atoms with Crippen molar-refractivity contribution in [2.45, 2.75) is 71.9 Å². The number of alkyl carbamates (subject to hydrolysis) is 1. The molecule has 9 nitrogen and oxygen atoms in total. The maximum Gasteiger partial charge on any atom is 0.408 e. The number of aryl methyl sites for hydroxylation is 2. The molecule has 174 valence electrons. The molecule has 2 aromatic heterocycles. The van der Waals surface area contributed by atoms with Crippen LogP contribution < -0.4 is 10.6 Å². The van der Waals surface area contributed by atoms with E-state index >= 15 is 0 Å². The van der Waals surface area contributed by atoms with Gasteiger partial charge in [0.2, 0.25) is 0 Å². The van der Waals surface area contributed by atoms with Crippen LogP contribution in [-0.4, -0.2) is 43.6 Å². The van der Waals surface area contributed by atoms with Gasteiger partial charge in [-0.25, -0.2) is 14.5 Å². The van der Waals surface area contributed by atoms with Gasteiger partial charge >= 0.3 is 6.09 Å². The molecule has 9 heteroatoms. The van der Waals surface area contributed by atoms with E-state index < -0.39 is 17.7 Å².